The first-order valence-corrected chi connectivity index (χ1v) is 9.88. The van der Waals surface area contributed by atoms with Crippen molar-refractivity contribution in [2.75, 3.05) is 0 Å². The number of nitrogens with zero attached hydrogens (tertiary/aromatic N) is 1. The van der Waals surface area contributed by atoms with Crippen molar-refractivity contribution in [3.8, 4) is 0 Å². The smallest absolute Gasteiger partial charge is 0.335 e. The highest BCUT2D eigenvalue weighted by atomic mass is 16.6. The van der Waals surface area contributed by atoms with E-state index < -0.39 is 5.97 Å². The standard InChI is InChI=1S/C21H27NO4/c23-21(24)15-8-6-14(7-9-15)12-17-18(20-11-10-19(17)25-20)13-22-26-16-4-2-1-3-5-16/h6-9,13,16-20H,1-5,10-12H2,(H,23,24). The summed E-state index contributed by atoms with van der Waals surface area (Å²) in [6.45, 7) is 0. The fraction of sp³-hybridized carbons (Fsp3) is 0.619. The van der Waals surface area contributed by atoms with Gasteiger partial charge in [-0.2, -0.15) is 0 Å². The van der Waals surface area contributed by atoms with Gasteiger partial charge in [0.2, 0.25) is 0 Å². The molecule has 3 fully saturated rings. The molecule has 1 aromatic carbocycles. The van der Waals surface area contributed by atoms with Gasteiger partial charge in [0, 0.05) is 12.1 Å². The summed E-state index contributed by atoms with van der Waals surface area (Å²) in [5, 5.41) is 13.4. The van der Waals surface area contributed by atoms with Gasteiger partial charge in [0.25, 0.3) is 0 Å². The molecule has 5 heteroatoms. The van der Waals surface area contributed by atoms with E-state index in [0.29, 0.717) is 11.5 Å². The molecule has 0 spiro atoms. The number of carboxylic acid groups (broad SMARTS) is 1. The fourth-order valence-electron chi connectivity index (χ4n) is 4.70. The zero-order chi connectivity index (χ0) is 17.9. The summed E-state index contributed by atoms with van der Waals surface area (Å²) in [6, 6.07) is 7.20. The van der Waals surface area contributed by atoms with Crippen molar-refractivity contribution < 1.29 is 19.5 Å². The molecular formula is C21H27NO4. The third-order valence-electron chi connectivity index (χ3n) is 6.15. The second-order valence-corrected chi connectivity index (χ2v) is 7.86. The molecule has 0 aromatic heterocycles. The Labute approximate surface area is 154 Å². The zero-order valence-electron chi connectivity index (χ0n) is 15.0. The van der Waals surface area contributed by atoms with Gasteiger partial charge in [0.05, 0.1) is 17.8 Å². The number of carbonyl (C=O) groups is 1. The highest BCUT2D eigenvalue weighted by molar-refractivity contribution is 5.87. The van der Waals surface area contributed by atoms with Gasteiger partial charge in [-0.15, -0.1) is 0 Å². The largest absolute Gasteiger partial charge is 0.478 e. The van der Waals surface area contributed by atoms with Crippen LogP contribution in [-0.4, -0.2) is 35.6 Å². The number of oxime groups is 1. The number of ether oxygens (including phenoxy) is 1. The van der Waals surface area contributed by atoms with Gasteiger partial charge < -0.3 is 14.7 Å². The van der Waals surface area contributed by atoms with Crippen LogP contribution in [0.4, 0.5) is 0 Å². The van der Waals surface area contributed by atoms with Gasteiger partial charge in [-0.25, -0.2) is 4.79 Å². The molecule has 1 aromatic rings. The molecule has 2 aliphatic heterocycles. The van der Waals surface area contributed by atoms with Gasteiger partial charge in [-0.3, -0.25) is 0 Å². The third-order valence-corrected chi connectivity index (χ3v) is 6.15. The van der Waals surface area contributed by atoms with Gasteiger partial charge in [0.1, 0.15) is 6.10 Å². The van der Waals surface area contributed by atoms with E-state index in [2.05, 4.69) is 5.16 Å². The maximum absolute atomic E-state index is 11.0. The predicted octanol–water partition coefficient (Wildman–Crippen LogP) is 4.06. The Morgan fingerprint density at radius 1 is 1.12 bits per heavy atom. The zero-order valence-corrected chi connectivity index (χ0v) is 15.0. The van der Waals surface area contributed by atoms with Gasteiger partial charge in [-0.05, 0) is 68.6 Å². The molecular weight excluding hydrogens is 330 g/mol. The lowest BCUT2D eigenvalue weighted by Gasteiger charge is -2.25. The van der Waals surface area contributed by atoms with Crippen molar-refractivity contribution in [2.24, 2.45) is 17.0 Å². The minimum atomic E-state index is -0.885. The predicted molar refractivity (Wildman–Crippen MR) is 98.4 cm³/mol. The molecule has 2 heterocycles. The van der Waals surface area contributed by atoms with Crippen LogP contribution in [-0.2, 0) is 16.0 Å². The normalized spacial score (nSPS) is 31.5. The van der Waals surface area contributed by atoms with Crippen LogP contribution in [0.3, 0.4) is 0 Å². The highest BCUT2D eigenvalue weighted by Gasteiger charge is 2.48. The average Bonchev–Trinajstić information content (AvgIpc) is 3.26. The second kappa shape index (κ2) is 7.78. The van der Waals surface area contributed by atoms with E-state index in [1.807, 2.05) is 18.3 Å². The van der Waals surface area contributed by atoms with Crippen LogP contribution in [0.2, 0.25) is 0 Å². The first kappa shape index (κ1) is 17.5. The van der Waals surface area contributed by atoms with Crippen LogP contribution in [0.15, 0.2) is 29.4 Å². The first-order chi connectivity index (χ1) is 12.7. The van der Waals surface area contributed by atoms with Gasteiger partial charge >= 0.3 is 5.97 Å². The molecule has 140 valence electrons. The van der Waals surface area contributed by atoms with E-state index in [-0.39, 0.29) is 24.2 Å². The highest BCUT2D eigenvalue weighted by Crippen LogP contribution is 2.44. The molecule has 1 aliphatic carbocycles. The summed E-state index contributed by atoms with van der Waals surface area (Å²) in [4.78, 5) is 16.8. The number of hydrogen-bond donors (Lipinski definition) is 1. The van der Waals surface area contributed by atoms with Crippen LogP contribution < -0.4 is 0 Å². The summed E-state index contributed by atoms with van der Waals surface area (Å²) in [6.07, 6.45) is 11.9. The molecule has 5 nitrogen and oxygen atoms in total. The van der Waals surface area contributed by atoms with Crippen molar-refractivity contribution in [1.29, 1.82) is 0 Å². The Morgan fingerprint density at radius 3 is 2.58 bits per heavy atom. The molecule has 1 saturated carbocycles. The Hall–Kier alpha value is -1.88. The van der Waals surface area contributed by atoms with Crippen LogP contribution in [0.25, 0.3) is 0 Å². The van der Waals surface area contributed by atoms with E-state index in [1.165, 1.54) is 19.3 Å². The number of hydrogen-bond acceptors (Lipinski definition) is 4. The summed E-state index contributed by atoms with van der Waals surface area (Å²) in [7, 11) is 0. The minimum Gasteiger partial charge on any atom is -0.478 e. The van der Waals surface area contributed by atoms with E-state index >= 15 is 0 Å². The third kappa shape index (κ3) is 3.78. The van der Waals surface area contributed by atoms with Gasteiger partial charge in [-0.1, -0.05) is 23.7 Å². The molecule has 26 heavy (non-hydrogen) atoms. The van der Waals surface area contributed by atoms with Crippen LogP contribution in [0, 0.1) is 11.8 Å². The number of fused-ring (bicyclic) bond motifs is 2. The van der Waals surface area contributed by atoms with Crippen molar-refractivity contribution in [2.45, 2.75) is 69.7 Å². The molecule has 1 N–H and O–H groups in total. The Kier molecular flexibility index (Phi) is 5.25. The van der Waals surface area contributed by atoms with E-state index in [0.717, 1.165) is 37.7 Å². The van der Waals surface area contributed by atoms with Crippen molar-refractivity contribution >= 4 is 12.2 Å². The molecule has 0 amide bonds. The van der Waals surface area contributed by atoms with Crippen molar-refractivity contribution in [3.63, 3.8) is 0 Å². The quantitative estimate of drug-likeness (QED) is 0.616. The fourth-order valence-corrected chi connectivity index (χ4v) is 4.70. The molecule has 2 saturated heterocycles. The lowest BCUT2D eigenvalue weighted by atomic mass is 9.77. The lowest BCUT2D eigenvalue weighted by Crippen LogP contribution is -2.30. The Morgan fingerprint density at radius 2 is 1.85 bits per heavy atom. The van der Waals surface area contributed by atoms with Crippen molar-refractivity contribution in [3.05, 3.63) is 35.4 Å². The maximum Gasteiger partial charge on any atom is 0.335 e. The van der Waals surface area contributed by atoms with Crippen LogP contribution in [0.1, 0.15) is 60.9 Å². The topological polar surface area (TPSA) is 68.1 Å². The Bertz CT molecular complexity index is 650. The number of benzene rings is 1. The SMILES string of the molecule is O=C(O)c1ccc(CC2C3CCC(O3)C2C=NOC2CCCCC2)cc1. The summed E-state index contributed by atoms with van der Waals surface area (Å²) in [5.41, 5.74) is 1.49. The van der Waals surface area contributed by atoms with Crippen molar-refractivity contribution in [1.82, 2.24) is 0 Å². The van der Waals surface area contributed by atoms with E-state index in [4.69, 9.17) is 14.7 Å². The number of aromatic carboxylic acids is 1. The summed E-state index contributed by atoms with van der Waals surface area (Å²) in [5.74, 6) is -0.204. The molecule has 4 atom stereocenters. The molecule has 2 bridgehead atoms. The molecule has 0 radical (unpaired) electrons. The van der Waals surface area contributed by atoms with Crippen LogP contribution >= 0.6 is 0 Å². The Balaban J connectivity index is 1.39. The lowest BCUT2D eigenvalue weighted by molar-refractivity contribution is 0.0324. The molecule has 4 rings (SSSR count). The number of carboxylic acids is 1. The minimum absolute atomic E-state index is 0.252. The van der Waals surface area contributed by atoms with E-state index in [9.17, 15) is 4.79 Å². The first-order valence-electron chi connectivity index (χ1n) is 9.88. The van der Waals surface area contributed by atoms with Gasteiger partial charge in [0.15, 0.2) is 0 Å². The monoisotopic (exact) mass is 357 g/mol. The summed E-state index contributed by atoms with van der Waals surface area (Å²) < 4.78 is 6.13. The second-order valence-electron chi connectivity index (χ2n) is 7.86. The molecule has 3 aliphatic rings. The number of rotatable bonds is 6. The summed E-state index contributed by atoms with van der Waals surface area (Å²) >= 11 is 0. The van der Waals surface area contributed by atoms with E-state index in [1.54, 1.807) is 12.1 Å². The van der Waals surface area contributed by atoms with Crippen LogP contribution in [0.5, 0.6) is 0 Å². The maximum atomic E-state index is 11.0. The average molecular weight is 357 g/mol. The molecule has 4 unspecified atom stereocenters.